The summed E-state index contributed by atoms with van der Waals surface area (Å²) in [5.41, 5.74) is 0.808. The normalized spacial score (nSPS) is 29.3. The molecule has 4 aliphatic rings. The molecule has 1 aliphatic carbocycles. The minimum absolute atomic E-state index is 0.0000856. The van der Waals surface area contributed by atoms with Gasteiger partial charge in [0.1, 0.15) is 17.7 Å². The molecule has 10 heteroatoms. The zero-order chi connectivity index (χ0) is 27.4. The summed E-state index contributed by atoms with van der Waals surface area (Å²) in [6.07, 6.45) is 1.52. The highest BCUT2D eigenvalue weighted by molar-refractivity contribution is 5.89. The number of hydrogen-bond acceptors (Lipinski definition) is 7. The average Bonchev–Trinajstić information content (AvgIpc) is 3.19. The van der Waals surface area contributed by atoms with Crippen LogP contribution in [-0.4, -0.2) is 81.5 Å². The van der Waals surface area contributed by atoms with E-state index in [1.165, 1.54) is 0 Å². The number of ether oxygens (including phenoxy) is 1. The number of rotatable bonds is 6. The summed E-state index contributed by atoms with van der Waals surface area (Å²) >= 11 is 0. The average molecular weight is 519 g/mol. The molecule has 1 aromatic carbocycles. The number of fused-ring (bicyclic) bond motifs is 3. The third-order valence-electron chi connectivity index (χ3n) is 8.17. The molecule has 1 N–H and O–H groups in total. The van der Waals surface area contributed by atoms with Crippen LogP contribution in [0, 0.1) is 28.6 Å². The zero-order valence-corrected chi connectivity index (χ0v) is 22.3. The molecule has 1 aromatic rings. The Morgan fingerprint density at radius 1 is 1.16 bits per heavy atom. The van der Waals surface area contributed by atoms with Crippen molar-refractivity contribution in [1.29, 1.82) is 10.5 Å². The van der Waals surface area contributed by atoms with Crippen molar-refractivity contribution < 1.29 is 19.1 Å². The highest BCUT2D eigenvalue weighted by Gasteiger charge is 2.56. The smallest absolute Gasteiger partial charge is 0.408 e. The van der Waals surface area contributed by atoms with E-state index >= 15 is 0 Å². The highest BCUT2D eigenvalue weighted by atomic mass is 16.6. The van der Waals surface area contributed by atoms with Gasteiger partial charge < -0.3 is 19.9 Å². The predicted octanol–water partition coefficient (Wildman–Crippen LogP) is 2.31. The lowest BCUT2D eigenvalue weighted by atomic mass is 10.0. The molecule has 3 heterocycles. The quantitative estimate of drug-likeness (QED) is 0.612. The summed E-state index contributed by atoms with van der Waals surface area (Å²) in [6.45, 7) is 8.02. The number of carbonyl (C=O) groups is 3. The van der Waals surface area contributed by atoms with Crippen molar-refractivity contribution in [3.8, 4) is 12.1 Å². The van der Waals surface area contributed by atoms with Gasteiger partial charge in [0.05, 0.1) is 29.8 Å². The number of carbonyl (C=O) groups excluding carboxylic acids is 3. The lowest BCUT2D eigenvalue weighted by molar-refractivity contribution is -0.141. The number of hydrogen-bond donors (Lipinski definition) is 1. The van der Waals surface area contributed by atoms with E-state index in [1.54, 1.807) is 37.8 Å². The molecule has 5 rings (SSSR count). The van der Waals surface area contributed by atoms with Gasteiger partial charge in [0.25, 0.3) is 0 Å². The van der Waals surface area contributed by atoms with Crippen LogP contribution in [0.4, 0.5) is 4.79 Å². The molecule has 4 fully saturated rings. The fourth-order valence-corrected chi connectivity index (χ4v) is 6.33. The van der Waals surface area contributed by atoms with Gasteiger partial charge in [-0.05, 0) is 70.6 Å². The van der Waals surface area contributed by atoms with Gasteiger partial charge in [-0.3, -0.25) is 14.5 Å². The van der Waals surface area contributed by atoms with Crippen LogP contribution in [0.2, 0.25) is 0 Å². The Balaban J connectivity index is 1.30. The van der Waals surface area contributed by atoms with Crippen molar-refractivity contribution in [2.45, 2.75) is 88.8 Å². The first-order chi connectivity index (χ1) is 18.0. The number of benzene rings is 1. The van der Waals surface area contributed by atoms with E-state index < -0.39 is 23.8 Å². The fourth-order valence-electron chi connectivity index (χ4n) is 6.33. The Kier molecular flexibility index (Phi) is 6.56. The van der Waals surface area contributed by atoms with Gasteiger partial charge in [0, 0.05) is 25.2 Å². The molecule has 3 aliphatic heterocycles. The summed E-state index contributed by atoms with van der Waals surface area (Å²) in [7, 11) is 0. The third-order valence-corrected chi connectivity index (χ3v) is 8.17. The predicted molar refractivity (Wildman–Crippen MR) is 136 cm³/mol. The van der Waals surface area contributed by atoms with E-state index in [0.717, 1.165) is 12.0 Å². The van der Waals surface area contributed by atoms with Crippen molar-refractivity contribution in [2.24, 2.45) is 5.92 Å². The Hall–Kier alpha value is -3.63. The van der Waals surface area contributed by atoms with Crippen molar-refractivity contribution >= 4 is 17.9 Å². The summed E-state index contributed by atoms with van der Waals surface area (Å²) in [4.78, 5) is 45.4. The number of nitrogens with one attached hydrogen (secondary N) is 1. The van der Waals surface area contributed by atoms with Gasteiger partial charge in [-0.1, -0.05) is 12.1 Å². The molecule has 0 aromatic heterocycles. The second-order valence-electron chi connectivity index (χ2n) is 11.9. The molecule has 2 bridgehead atoms. The molecule has 7 atom stereocenters. The van der Waals surface area contributed by atoms with Gasteiger partial charge in [-0.25, -0.2) is 4.79 Å². The van der Waals surface area contributed by atoms with E-state index in [0.29, 0.717) is 30.9 Å². The van der Waals surface area contributed by atoms with E-state index in [1.807, 2.05) is 28.9 Å². The maximum atomic E-state index is 13.7. The molecule has 3 saturated heterocycles. The number of piperazine rings is 1. The van der Waals surface area contributed by atoms with Crippen LogP contribution in [0.15, 0.2) is 24.3 Å². The first kappa shape index (κ1) is 26.0. The number of piperidine rings is 1. The second kappa shape index (κ2) is 9.59. The molecule has 10 nitrogen and oxygen atoms in total. The van der Waals surface area contributed by atoms with E-state index in [-0.39, 0.29) is 42.5 Å². The van der Waals surface area contributed by atoms with Gasteiger partial charge in [0.15, 0.2) is 0 Å². The van der Waals surface area contributed by atoms with Gasteiger partial charge >= 0.3 is 6.09 Å². The second-order valence-corrected chi connectivity index (χ2v) is 11.9. The lowest BCUT2D eigenvalue weighted by Crippen LogP contribution is -2.59. The summed E-state index contributed by atoms with van der Waals surface area (Å²) < 4.78 is 5.43. The first-order valence-electron chi connectivity index (χ1n) is 13.3. The van der Waals surface area contributed by atoms with E-state index in [4.69, 9.17) is 10.00 Å². The van der Waals surface area contributed by atoms with Gasteiger partial charge in [-0.2, -0.15) is 10.5 Å². The summed E-state index contributed by atoms with van der Waals surface area (Å²) in [5.74, 6) is 0.0674. The minimum Gasteiger partial charge on any atom is -0.444 e. The van der Waals surface area contributed by atoms with Crippen molar-refractivity contribution in [1.82, 2.24) is 20.0 Å². The molecule has 1 saturated carbocycles. The third kappa shape index (κ3) is 4.81. The largest absolute Gasteiger partial charge is 0.444 e. The molecule has 0 radical (unpaired) electrons. The molecule has 4 unspecified atom stereocenters. The number of alkyl carbamates (subject to hydrolysis) is 1. The fraction of sp³-hybridized carbons (Fsp3) is 0.607. The maximum Gasteiger partial charge on any atom is 0.408 e. The number of nitrogens with zero attached hydrogens (tertiary/aromatic N) is 5. The molecule has 3 amide bonds. The summed E-state index contributed by atoms with van der Waals surface area (Å²) in [6, 6.07) is 9.74. The van der Waals surface area contributed by atoms with Gasteiger partial charge in [-0.15, -0.1) is 0 Å². The molecule has 0 spiro atoms. The zero-order valence-electron chi connectivity index (χ0n) is 22.3. The first-order valence-corrected chi connectivity index (χ1v) is 13.3. The van der Waals surface area contributed by atoms with Gasteiger partial charge in [0.2, 0.25) is 11.8 Å². The van der Waals surface area contributed by atoms with Crippen LogP contribution < -0.4 is 5.32 Å². The number of likely N-dealkylation sites (tertiary alicyclic amines) is 3. The number of amides is 3. The van der Waals surface area contributed by atoms with Crippen LogP contribution in [0.5, 0.6) is 0 Å². The monoisotopic (exact) mass is 518 g/mol. The van der Waals surface area contributed by atoms with Crippen molar-refractivity contribution in [2.75, 3.05) is 13.1 Å². The van der Waals surface area contributed by atoms with Crippen LogP contribution in [0.25, 0.3) is 0 Å². The van der Waals surface area contributed by atoms with E-state index in [9.17, 15) is 19.6 Å². The minimum atomic E-state index is -0.920. The maximum absolute atomic E-state index is 13.7. The Morgan fingerprint density at radius 3 is 2.47 bits per heavy atom. The topological polar surface area (TPSA) is 130 Å². The number of nitriles is 2. The molecule has 200 valence electrons. The Morgan fingerprint density at radius 2 is 1.87 bits per heavy atom. The van der Waals surface area contributed by atoms with Crippen LogP contribution >= 0.6 is 0 Å². The van der Waals surface area contributed by atoms with Crippen LogP contribution in [0.3, 0.4) is 0 Å². The molecular weight excluding hydrogens is 484 g/mol. The van der Waals surface area contributed by atoms with Crippen LogP contribution in [0.1, 0.15) is 64.1 Å². The SMILES string of the molecule is CC(c1ccc(C#N)cc1)N1C(=O)C2C[C@H]1CN2CC(NC(=O)OC(C)(C)C)C(=O)N1C(C#N)C[C@@H]2C[C@@H]21. The lowest BCUT2D eigenvalue weighted by Gasteiger charge is -2.39. The van der Waals surface area contributed by atoms with Crippen molar-refractivity contribution in [3.63, 3.8) is 0 Å². The molecule has 38 heavy (non-hydrogen) atoms. The van der Waals surface area contributed by atoms with Crippen molar-refractivity contribution in [3.05, 3.63) is 35.4 Å². The summed E-state index contributed by atoms with van der Waals surface area (Å²) in [5, 5.41) is 21.4. The Labute approximate surface area is 223 Å². The molecular formula is C28H34N6O4. The van der Waals surface area contributed by atoms with E-state index in [2.05, 4.69) is 17.5 Å². The highest BCUT2D eigenvalue weighted by Crippen LogP contribution is 2.48. The Bertz CT molecular complexity index is 1210. The van der Waals surface area contributed by atoms with Crippen LogP contribution in [-0.2, 0) is 14.3 Å². The standard InChI is InChI=1S/C28H34N6O4/c1-16(18-7-5-17(12-29)6-8-18)33-21-11-24(26(33)36)32(14-21)15-22(31-27(37)38-28(2,3)4)25(35)34-20(13-30)9-19-10-23(19)34/h5-8,16,19-24H,9-11,14-15H2,1-4H3,(H,31,37)/t16?,19-,20?,21+,22?,23+,24?/m1/s1.